The maximum Gasteiger partial charge on any atom is 0.126 e. The fraction of sp³-hybridized carbons (Fsp3) is 0.333. The summed E-state index contributed by atoms with van der Waals surface area (Å²) in [5.41, 5.74) is 4.21. The first kappa shape index (κ1) is 11.9. The SMILES string of the molecule is C=CCCC(NN)c1ccc(C)c(F)c1. The Morgan fingerprint density at radius 3 is 2.87 bits per heavy atom. The predicted molar refractivity (Wildman–Crippen MR) is 60.6 cm³/mol. The van der Waals surface area contributed by atoms with Gasteiger partial charge in [-0.05, 0) is 37.0 Å². The molecule has 0 heterocycles. The van der Waals surface area contributed by atoms with E-state index >= 15 is 0 Å². The Morgan fingerprint density at radius 2 is 2.33 bits per heavy atom. The van der Waals surface area contributed by atoms with Gasteiger partial charge in [0.1, 0.15) is 5.82 Å². The molecule has 2 nitrogen and oxygen atoms in total. The van der Waals surface area contributed by atoms with E-state index in [1.807, 2.05) is 12.1 Å². The molecular formula is C12H17FN2. The highest BCUT2D eigenvalue weighted by Gasteiger charge is 2.10. The van der Waals surface area contributed by atoms with E-state index in [9.17, 15) is 4.39 Å². The van der Waals surface area contributed by atoms with Crippen molar-refractivity contribution in [3.8, 4) is 0 Å². The van der Waals surface area contributed by atoms with Crippen molar-refractivity contribution in [2.24, 2.45) is 5.84 Å². The standard InChI is InChI=1S/C12H17FN2/c1-3-4-5-12(15-14)10-7-6-9(2)11(13)8-10/h3,6-8,12,15H,1,4-5,14H2,2H3. The molecule has 1 atom stereocenters. The summed E-state index contributed by atoms with van der Waals surface area (Å²) < 4.78 is 13.3. The van der Waals surface area contributed by atoms with Gasteiger partial charge in [0.15, 0.2) is 0 Å². The molecule has 1 rings (SSSR count). The minimum Gasteiger partial charge on any atom is -0.271 e. The zero-order valence-electron chi connectivity index (χ0n) is 8.96. The minimum atomic E-state index is -0.189. The molecular weight excluding hydrogens is 191 g/mol. The largest absolute Gasteiger partial charge is 0.271 e. The molecule has 0 aromatic heterocycles. The average molecular weight is 208 g/mol. The highest BCUT2D eigenvalue weighted by Crippen LogP contribution is 2.20. The molecule has 0 saturated carbocycles. The van der Waals surface area contributed by atoms with Gasteiger partial charge in [0.05, 0.1) is 0 Å². The Bertz CT molecular complexity index is 336. The van der Waals surface area contributed by atoms with E-state index < -0.39 is 0 Å². The monoisotopic (exact) mass is 208 g/mol. The lowest BCUT2D eigenvalue weighted by molar-refractivity contribution is 0.515. The lowest BCUT2D eigenvalue weighted by atomic mass is 10.0. The molecule has 0 bridgehead atoms. The summed E-state index contributed by atoms with van der Waals surface area (Å²) in [6.45, 7) is 5.39. The molecule has 0 fully saturated rings. The molecule has 1 aromatic carbocycles. The van der Waals surface area contributed by atoms with Crippen LogP contribution in [0.4, 0.5) is 4.39 Å². The van der Waals surface area contributed by atoms with E-state index in [4.69, 9.17) is 5.84 Å². The van der Waals surface area contributed by atoms with Crippen molar-refractivity contribution in [3.63, 3.8) is 0 Å². The number of nitrogens with two attached hydrogens (primary N) is 1. The van der Waals surface area contributed by atoms with Crippen LogP contribution in [0.5, 0.6) is 0 Å². The van der Waals surface area contributed by atoms with Crippen molar-refractivity contribution < 1.29 is 4.39 Å². The Hall–Kier alpha value is -1.19. The zero-order valence-corrected chi connectivity index (χ0v) is 8.96. The molecule has 0 aliphatic heterocycles. The fourth-order valence-electron chi connectivity index (χ4n) is 1.46. The zero-order chi connectivity index (χ0) is 11.3. The number of allylic oxidation sites excluding steroid dienone is 1. The lowest BCUT2D eigenvalue weighted by Gasteiger charge is -2.15. The molecule has 0 aliphatic carbocycles. The van der Waals surface area contributed by atoms with Gasteiger partial charge in [-0.25, -0.2) is 4.39 Å². The number of nitrogens with one attached hydrogen (secondary N) is 1. The quantitative estimate of drug-likeness (QED) is 0.443. The molecule has 0 radical (unpaired) electrons. The molecule has 15 heavy (non-hydrogen) atoms. The van der Waals surface area contributed by atoms with E-state index in [1.165, 1.54) is 6.07 Å². The van der Waals surface area contributed by atoms with Gasteiger partial charge >= 0.3 is 0 Å². The van der Waals surface area contributed by atoms with Crippen LogP contribution in [0.15, 0.2) is 30.9 Å². The summed E-state index contributed by atoms with van der Waals surface area (Å²) >= 11 is 0. The van der Waals surface area contributed by atoms with E-state index in [2.05, 4.69) is 12.0 Å². The van der Waals surface area contributed by atoms with Crippen LogP contribution in [-0.2, 0) is 0 Å². The van der Waals surface area contributed by atoms with E-state index in [0.717, 1.165) is 18.4 Å². The molecule has 3 heteroatoms. The van der Waals surface area contributed by atoms with Crippen LogP contribution in [0.3, 0.4) is 0 Å². The molecule has 0 aliphatic rings. The van der Waals surface area contributed by atoms with Gasteiger partial charge in [-0.2, -0.15) is 0 Å². The van der Waals surface area contributed by atoms with Crippen LogP contribution in [0.25, 0.3) is 0 Å². The Labute approximate surface area is 90.0 Å². The van der Waals surface area contributed by atoms with Crippen LogP contribution in [-0.4, -0.2) is 0 Å². The number of benzene rings is 1. The smallest absolute Gasteiger partial charge is 0.126 e. The summed E-state index contributed by atoms with van der Waals surface area (Å²) in [7, 11) is 0. The van der Waals surface area contributed by atoms with Gasteiger partial charge in [0, 0.05) is 6.04 Å². The number of hydrazine groups is 1. The number of hydrogen-bond donors (Lipinski definition) is 2. The number of rotatable bonds is 5. The van der Waals surface area contributed by atoms with Gasteiger partial charge in [0.2, 0.25) is 0 Å². The van der Waals surface area contributed by atoms with Crippen LogP contribution in [0.2, 0.25) is 0 Å². The predicted octanol–water partition coefficient (Wildman–Crippen LogP) is 2.60. The van der Waals surface area contributed by atoms with E-state index in [0.29, 0.717) is 5.56 Å². The van der Waals surface area contributed by atoms with Crippen LogP contribution in [0, 0.1) is 12.7 Å². The second-order valence-electron chi connectivity index (χ2n) is 3.59. The van der Waals surface area contributed by atoms with E-state index in [-0.39, 0.29) is 11.9 Å². The maximum atomic E-state index is 13.3. The Balaban J connectivity index is 2.82. The highest BCUT2D eigenvalue weighted by atomic mass is 19.1. The molecule has 0 saturated heterocycles. The topological polar surface area (TPSA) is 38.0 Å². The summed E-state index contributed by atoms with van der Waals surface area (Å²) in [6, 6.07) is 5.18. The third kappa shape index (κ3) is 3.15. The third-order valence-electron chi connectivity index (χ3n) is 2.46. The fourth-order valence-corrected chi connectivity index (χ4v) is 1.46. The molecule has 82 valence electrons. The Morgan fingerprint density at radius 1 is 1.60 bits per heavy atom. The second-order valence-corrected chi connectivity index (χ2v) is 3.59. The third-order valence-corrected chi connectivity index (χ3v) is 2.46. The van der Waals surface area contributed by atoms with Crippen LogP contribution in [0.1, 0.15) is 30.0 Å². The molecule has 0 spiro atoms. The second kappa shape index (κ2) is 5.63. The highest BCUT2D eigenvalue weighted by molar-refractivity contribution is 5.25. The maximum absolute atomic E-state index is 13.3. The minimum absolute atomic E-state index is 0.0156. The van der Waals surface area contributed by atoms with E-state index in [1.54, 1.807) is 13.0 Å². The van der Waals surface area contributed by atoms with Crippen LogP contribution >= 0.6 is 0 Å². The van der Waals surface area contributed by atoms with Crippen molar-refractivity contribution in [2.75, 3.05) is 0 Å². The summed E-state index contributed by atoms with van der Waals surface area (Å²) in [5.74, 6) is 5.24. The van der Waals surface area contributed by atoms with Crippen molar-refractivity contribution >= 4 is 0 Å². The first-order valence-corrected chi connectivity index (χ1v) is 5.02. The van der Waals surface area contributed by atoms with Crippen molar-refractivity contribution in [1.82, 2.24) is 5.43 Å². The molecule has 1 unspecified atom stereocenters. The Kier molecular flexibility index (Phi) is 4.46. The van der Waals surface area contributed by atoms with Gasteiger partial charge in [-0.1, -0.05) is 18.2 Å². The number of hydrogen-bond acceptors (Lipinski definition) is 2. The number of aryl methyl sites for hydroxylation is 1. The van der Waals surface area contributed by atoms with Crippen molar-refractivity contribution in [1.29, 1.82) is 0 Å². The van der Waals surface area contributed by atoms with Crippen molar-refractivity contribution in [3.05, 3.63) is 47.8 Å². The summed E-state index contributed by atoms with van der Waals surface area (Å²) in [5, 5.41) is 0. The van der Waals surface area contributed by atoms with Crippen molar-refractivity contribution in [2.45, 2.75) is 25.8 Å². The van der Waals surface area contributed by atoms with Gasteiger partial charge in [0.25, 0.3) is 0 Å². The first-order valence-electron chi connectivity index (χ1n) is 5.02. The summed E-state index contributed by atoms with van der Waals surface area (Å²) in [6.07, 6.45) is 3.50. The lowest BCUT2D eigenvalue weighted by Crippen LogP contribution is -2.28. The molecule has 3 N–H and O–H groups in total. The first-order chi connectivity index (χ1) is 7.19. The molecule has 1 aromatic rings. The van der Waals surface area contributed by atoms with Gasteiger partial charge < -0.3 is 0 Å². The summed E-state index contributed by atoms with van der Waals surface area (Å²) in [4.78, 5) is 0. The average Bonchev–Trinajstić information content (AvgIpc) is 2.24. The van der Waals surface area contributed by atoms with Crippen LogP contribution < -0.4 is 11.3 Å². The van der Waals surface area contributed by atoms with Gasteiger partial charge in [-0.3, -0.25) is 11.3 Å². The molecule has 0 amide bonds. The normalized spacial score (nSPS) is 12.5. The number of halogens is 1. The van der Waals surface area contributed by atoms with Gasteiger partial charge in [-0.15, -0.1) is 6.58 Å².